The quantitative estimate of drug-likeness (QED) is 0.650. The lowest BCUT2D eigenvalue weighted by Crippen LogP contribution is -2.05. The normalized spacial score (nSPS) is 11.1. The second-order valence-electron chi connectivity index (χ2n) is 3.99. The van der Waals surface area contributed by atoms with E-state index in [-0.39, 0.29) is 0 Å². The number of aromatic nitrogens is 4. The smallest absolute Gasteiger partial charge is 0.238 e. The molecule has 0 aliphatic rings. The fraction of sp³-hybridized carbons (Fsp3) is 0.182. The van der Waals surface area contributed by atoms with Crippen LogP contribution in [-0.2, 0) is 0 Å². The van der Waals surface area contributed by atoms with Crippen LogP contribution in [0.3, 0.4) is 0 Å². The van der Waals surface area contributed by atoms with Gasteiger partial charge < -0.3 is 4.90 Å². The molecule has 0 aromatic carbocycles. The van der Waals surface area contributed by atoms with Crippen LogP contribution >= 0.6 is 33.9 Å². The zero-order valence-electron chi connectivity index (χ0n) is 9.83. The highest BCUT2D eigenvalue weighted by molar-refractivity contribution is 14.1. The van der Waals surface area contributed by atoms with Gasteiger partial charge in [0.25, 0.3) is 0 Å². The van der Waals surface area contributed by atoms with Crippen LogP contribution in [0.4, 0.5) is 5.00 Å². The fourth-order valence-electron chi connectivity index (χ4n) is 1.60. The molecule has 92 valence electrons. The first kappa shape index (κ1) is 11.8. The molecule has 0 saturated carbocycles. The van der Waals surface area contributed by atoms with Gasteiger partial charge in [0.15, 0.2) is 3.83 Å². The highest BCUT2D eigenvalue weighted by Crippen LogP contribution is 2.31. The Hall–Kier alpha value is -1.22. The number of fused-ring (bicyclic) bond motifs is 1. The van der Waals surface area contributed by atoms with E-state index in [2.05, 4.69) is 54.6 Å². The predicted octanol–water partition coefficient (Wildman–Crippen LogP) is 2.52. The summed E-state index contributed by atoms with van der Waals surface area (Å²) < 4.78 is 2.55. The summed E-state index contributed by atoms with van der Waals surface area (Å²) in [6.45, 7) is 0. The number of imidazole rings is 1. The first-order chi connectivity index (χ1) is 8.63. The molecule has 0 N–H and O–H groups in total. The summed E-state index contributed by atoms with van der Waals surface area (Å²) in [6.07, 6.45) is 3.69. The number of hydrogen-bond donors (Lipinski definition) is 0. The molecule has 3 aromatic heterocycles. The van der Waals surface area contributed by atoms with Crippen LogP contribution in [0, 0.1) is 3.83 Å². The van der Waals surface area contributed by atoms with E-state index >= 15 is 0 Å². The standard InChI is InChI=1S/C11H10IN5S/c1-16(2)9-4-3-8(18-9)7-5-17-6-13-10(12)15-11(17)14-7/h3-6H,1-2H3. The number of thiophene rings is 1. The van der Waals surface area contributed by atoms with Crippen molar-refractivity contribution >= 4 is 44.7 Å². The van der Waals surface area contributed by atoms with Crippen molar-refractivity contribution in [2.75, 3.05) is 19.0 Å². The number of rotatable bonds is 2. The monoisotopic (exact) mass is 371 g/mol. The maximum atomic E-state index is 4.52. The molecule has 0 bridgehead atoms. The summed E-state index contributed by atoms with van der Waals surface area (Å²) in [7, 11) is 4.07. The second-order valence-corrected chi connectivity index (χ2v) is 6.02. The Morgan fingerprint density at radius 2 is 2.11 bits per heavy atom. The Labute approximate surface area is 122 Å². The summed E-state index contributed by atoms with van der Waals surface area (Å²) in [5.41, 5.74) is 0.935. The molecule has 3 aromatic rings. The van der Waals surface area contributed by atoms with Crippen LogP contribution in [0.2, 0.25) is 0 Å². The Kier molecular flexibility index (Phi) is 2.94. The Balaban J connectivity index is 2.07. The summed E-state index contributed by atoms with van der Waals surface area (Å²) >= 11 is 3.80. The molecule has 0 spiro atoms. The van der Waals surface area contributed by atoms with Crippen LogP contribution in [0.15, 0.2) is 24.7 Å². The average Bonchev–Trinajstić information content (AvgIpc) is 2.93. The van der Waals surface area contributed by atoms with Crippen molar-refractivity contribution in [2.45, 2.75) is 0 Å². The van der Waals surface area contributed by atoms with Crippen LogP contribution in [-0.4, -0.2) is 33.4 Å². The summed E-state index contributed by atoms with van der Waals surface area (Å²) in [5, 5.41) is 1.21. The van der Waals surface area contributed by atoms with Gasteiger partial charge >= 0.3 is 0 Å². The summed E-state index contributed by atoms with van der Waals surface area (Å²) in [5.74, 6) is 0.684. The van der Waals surface area contributed by atoms with Gasteiger partial charge in [-0.05, 0) is 12.1 Å². The number of anilines is 1. The van der Waals surface area contributed by atoms with Crippen LogP contribution in [0.1, 0.15) is 0 Å². The van der Waals surface area contributed by atoms with E-state index in [4.69, 9.17) is 0 Å². The maximum absolute atomic E-state index is 4.52. The molecule has 0 amide bonds. The molecule has 0 aliphatic heterocycles. The number of nitrogens with zero attached hydrogens (tertiary/aromatic N) is 5. The van der Waals surface area contributed by atoms with Gasteiger partial charge in [0, 0.05) is 42.9 Å². The number of halogens is 1. The van der Waals surface area contributed by atoms with Crippen molar-refractivity contribution in [1.29, 1.82) is 0 Å². The Morgan fingerprint density at radius 1 is 1.28 bits per heavy atom. The first-order valence-electron chi connectivity index (χ1n) is 5.28. The van der Waals surface area contributed by atoms with Crippen LogP contribution in [0.25, 0.3) is 16.3 Å². The molecule has 0 saturated heterocycles. The SMILES string of the molecule is CN(C)c1ccc(-c2cn3cnc(I)nc3n2)s1. The largest absolute Gasteiger partial charge is 0.370 e. The van der Waals surface area contributed by atoms with E-state index in [1.165, 1.54) is 5.00 Å². The lowest BCUT2D eigenvalue weighted by molar-refractivity contribution is 0.979. The van der Waals surface area contributed by atoms with E-state index in [1.54, 1.807) is 17.7 Å². The third kappa shape index (κ3) is 2.07. The molecule has 3 rings (SSSR count). The molecule has 0 fully saturated rings. The molecule has 0 atom stereocenters. The van der Waals surface area contributed by atoms with Crippen molar-refractivity contribution in [3.8, 4) is 10.6 Å². The van der Waals surface area contributed by atoms with Crippen molar-refractivity contribution in [2.24, 2.45) is 0 Å². The highest BCUT2D eigenvalue weighted by Gasteiger charge is 2.09. The third-order valence-electron chi connectivity index (χ3n) is 2.48. The topological polar surface area (TPSA) is 46.3 Å². The minimum Gasteiger partial charge on any atom is -0.370 e. The van der Waals surface area contributed by atoms with Gasteiger partial charge in [-0.15, -0.1) is 11.3 Å². The zero-order chi connectivity index (χ0) is 12.7. The van der Waals surface area contributed by atoms with E-state index < -0.39 is 0 Å². The van der Waals surface area contributed by atoms with Crippen molar-refractivity contribution in [1.82, 2.24) is 19.4 Å². The zero-order valence-corrected chi connectivity index (χ0v) is 12.8. The van der Waals surface area contributed by atoms with Crippen molar-refractivity contribution in [3.63, 3.8) is 0 Å². The molecule has 7 heteroatoms. The lowest BCUT2D eigenvalue weighted by Gasteiger charge is -2.06. The van der Waals surface area contributed by atoms with Gasteiger partial charge in [0.1, 0.15) is 12.0 Å². The Bertz CT molecular complexity index is 702. The van der Waals surface area contributed by atoms with Crippen LogP contribution < -0.4 is 4.90 Å². The lowest BCUT2D eigenvalue weighted by atomic mass is 10.4. The van der Waals surface area contributed by atoms with Gasteiger partial charge in [-0.3, -0.25) is 4.40 Å². The Morgan fingerprint density at radius 3 is 2.83 bits per heavy atom. The molecular formula is C11H10IN5S. The second kappa shape index (κ2) is 4.47. The van der Waals surface area contributed by atoms with Crippen molar-refractivity contribution < 1.29 is 0 Å². The average molecular weight is 371 g/mol. The molecule has 0 unspecified atom stereocenters. The first-order valence-corrected chi connectivity index (χ1v) is 7.18. The van der Waals surface area contributed by atoms with Gasteiger partial charge in [-0.2, -0.15) is 4.98 Å². The molecule has 3 heterocycles. The van der Waals surface area contributed by atoms with Crippen molar-refractivity contribution in [3.05, 3.63) is 28.5 Å². The molecular weight excluding hydrogens is 361 g/mol. The molecule has 0 aliphatic carbocycles. The fourth-order valence-corrected chi connectivity index (χ4v) is 2.82. The minimum atomic E-state index is 0.684. The predicted molar refractivity (Wildman–Crippen MR) is 81.1 cm³/mol. The highest BCUT2D eigenvalue weighted by atomic mass is 127. The summed E-state index contributed by atoms with van der Waals surface area (Å²) in [6, 6.07) is 4.18. The summed E-state index contributed by atoms with van der Waals surface area (Å²) in [4.78, 5) is 16.2. The molecule has 18 heavy (non-hydrogen) atoms. The van der Waals surface area contributed by atoms with Gasteiger partial charge in [0.2, 0.25) is 5.78 Å². The molecule has 0 radical (unpaired) electrons. The van der Waals surface area contributed by atoms with E-state index in [1.807, 2.05) is 24.7 Å². The maximum Gasteiger partial charge on any atom is 0.238 e. The third-order valence-corrected chi connectivity index (χ3v) is 4.27. The van der Waals surface area contributed by atoms with E-state index in [9.17, 15) is 0 Å². The van der Waals surface area contributed by atoms with E-state index in [0.29, 0.717) is 9.61 Å². The van der Waals surface area contributed by atoms with Gasteiger partial charge in [-0.1, -0.05) is 0 Å². The van der Waals surface area contributed by atoms with E-state index in [0.717, 1.165) is 10.6 Å². The van der Waals surface area contributed by atoms with Crippen LogP contribution in [0.5, 0.6) is 0 Å². The van der Waals surface area contributed by atoms with Gasteiger partial charge in [-0.25, -0.2) is 9.97 Å². The van der Waals surface area contributed by atoms with Gasteiger partial charge in [0.05, 0.1) is 9.88 Å². The minimum absolute atomic E-state index is 0.684. The number of hydrogen-bond acceptors (Lipinski definition) is 5. The molecule has 5 nitrogen and oxygen atoms in total.